The molecule has 0 bridgehead atoms. The third-order valence-electron chi connectivity index (χ3n) is 5.85. The van der Waals surface area contributed by atoms with Crippen LogP contribution < -0.4 is 10.1 Å². The zero-order chi connectivity index (χ0) is 21.1. The Bertz CT molecular complexity index is 894. The first-order chi connectivity index (χ1) is 14.6. The molecule has 1 N–H and O–H groups in total. The van der Waals surface area contributed by atoms with Crippen LogP contribution >= 0.6 is 11.3 Å². The summed E-state index contributed by atoms with van der Waals surface area (Å²) in [4.78, 5) is 27.9. The lowest BCUT2D eigenvalue weighted by Gasteiger charge is -2.40. The average Bonchev–Trinajstić information content (AvgIpc) is 3.51. The summed E-state index contributed by atoms with van der Waals surface area (Å²) in [6, 6.07) is 7.39. The summed E-state index contributed by atoms with van der Waals surface area (Å²) in [5, 5.41) is 12.9. The van der Waals surface area contributed by atoms with Crippen LogP contribution in [-0.4, -0.2) is 40.6 Å². The number of carbonyl (C=O) groups is 2. The van der Waals surface area contributed by atoms with Crippen LogP contribution in [0.1, 0.15) is 68.0 Å². The Morgan fingerprint density at radius 1 is 1.23 bits per heavy atom. The minimum Gasteiger partial charge on any atom is -0.497 e. The Balaban J connectivity index is 1.58. The maximum absolute atomic E-state index is 13.3. The van der Waals surface area contributed by atoms with Gasteiger partial charge in [-0.25, -0.2) is 0 Å². The Hall–Kier alpha value is -2.48. The van der Waals surface area contributed by atoms with Gasteiger partial charge in [-0.2, -0.15) is 0 Å². The number of nitrogens with zero attached hydrogens (tertiary/aromatic N) is 3. The fraction of sp³-hybridized carbons (Fsp3) is 0.545. The lowest BCUT2D eigenvalue weighted by atomic mass is 9.83. The number of benzene rings is 1. The van der Waals surface area contributed by atoms with E-state index in [4.69, 9.17) is 4.74 Å². The lowest BCUT2D eigenvalue weighted by molar-refractivity contribution is -0.142. The highest BCUT2D eigenvalue weighted by Crippen LogP contribution is 2.42. The molecular weight excluding hydrogens is 400 g/mol. The number of amides is 2. The highest BCUT2D eigenvalue weighted by atomic mass is 32.1. The monoisotopic (exact) mass is 428 g/mol. The van der Waals surface area contributed by atoms with Gasteiger partial charge in [-0.15, -0.1) is 10.2 Å². The fourth-order valence-electron chi connectivity index (χ4n) is 4.01. The van der Waals surface area contributed by atoms with Gasteiger partial charge in [-0.05, 0) is 43.4 Å². The number of carbonyl (C=O) groups excluding carboxylic acids is 2. The van der Waals surface area contributed by atoms with Crippen molar-refractivity contribution in [2.24, 2.45) is 5.92 Å². The third kappa shape index (κ3) is 4.48. The fourth-order valence-corrected chi connectivity index (χ4v) is 4.93. The number of piperidine rings is 1. The van der Waals surface area contributed by atoms with Gasteiger partial charge in [-0.3, -0.25) is 9.59 Å². The number of ether oxygens (including phenoxy) is 1. The number of hydrogen-bond donors (Lipinski definition) is 1. The summed E-state index contributed by atoms with van der Waals surface area (Å²) in [7, 11) is 1.63. The summed E-state index contributed by atoms with van der Waals surface area (Å²) in [6.45, 7) is 2.76. The molecule has 1 saturated heterocycles. The van der Waals surface area contributed by atoms with Crippen LogP contribution in [0.25, 0.3) is 0 Å². The van der Waals surface area contributed by atoms with Gasteiger partial charge in [0.2, 0.25) is 16.9 Å². The predicted molar refractivity (Wildman–Crippen MR) is 116 cm³/mol. The number of unbranched alkanes of at least 4 members (excludes halogenated alkanes) is 1. The van der Waals surface area contributed by atoms with Gasteiger partial charge in [0.05, 0.1) is 19.1 Å². The summed E-state index contributed by atoms with van der Waals surface area (Å²) >= 11 is 1.46. The van der Waals surface area contributed by atoms with Crippen molar-refractivity contribution in [3.63, 3.8) is 0 Å². The molecule has 2 aliphatic rings. The predicted octanol–water partition coefficient (Wildman–Crippen LogP) is 4.14. The van der Waals surface area contributed by atoms with Crippen LogP contribution in [0.4, 0.5) is 5.13 Å². The van der Waals surface area contributed by atoms with E-state index in [1.807, 2.05) is 29.2 Å². The van der Waals surface area contributed by atoms with Crippen LogP contribution in [0.15, 0.2) is 24.3 Å². The quantitative estimate of drug-likeness (QED) is 0.683. The molecule has 0 spiro atoms. The van der Waals surface area contributed by atoms with Crippen molar-refractivity contribution in [1.82, 2.24) is 15.1 Å². The summed E-state index contributed by atoms with van der Waals surface area (Å²) in [5.41, 5.74) is 0.955. The van der Waals surface area contributed by atoms with E-state index in [1.54, 1.807) is 7.11 Å². The van der Waals surface area contributed by atoms with Crippen LogP contribution in [0.2, 0.25) is 0 Å². The number of hydrogen-bond acceptors (Lipinski definition) is 6. The first-order valence-electron chi connectivity index (χ1n) is 10.7. The second-order valence-electron chi connectivity index (χ2n) is 8.01. The molecule has 1 saturated carbocycles. The van der Waals surface area contributed by atoms with E-state index in [2.05, 4.69) is 22.4 Å². The van der Waals surface area contributed by atoms with Crippen molar-refractivity contribution < 1.29 is 14.3 Å². The second kappa shape index (κ2) is 9.12. The maximum Gasteiger partial charge on any atom is 0.231 e. The van der Waals surface area contributed by atoms with Crippen molar-refractivity contribution in [1.29, 1.82) is 0 Å². The van der Waals surface area contributed by atoms with Gasteiger partial charge in [-0.1, -0.05) is 36.8 Å². The highest BCUT2D eigenvalue weighted by molar-refractivity contribution is 7.15. The molecule has 2 atom stereocenters. The van der Waals surface area contributed by atoms with Gasteiger partial charge in [0.25, 0.3) is 0 Å². The van der Waals surface area contributed by atoms with Crippen LogP contribution in [0, 0.1) is 5.92 Å². The number of likely N-dealkylation sites (tertiary alicyclic amines) is 1. The standard InChI is InChI=1S/C22H28N4O3S/c1-3-4-13-26-18(27)12-11-17(19(26)14-7-9-16(29-2)10-8-14)20(28)23-22-25-24-21(30-22)15-5-6-15/h7-10,15,17,19H,3-6,11-13H2,1-2H3,(H,23,25,28). The van der Waals surface area contributed by atoms with Crippen LogP contribution in [-0.2, 0) is 9.59 Å². The highest BCUT2D eigenvalue weighted by Gasteiger charge is 2.40. The van der Waals surface area contributed by atoms with Crippen molar-refractivity contribution in [2.45, 2.75) is 57.4 Å². The Morgan fingerprint density at radius 2 is 2.00 bits per heavy atom. The molecule has 1 aliphatic carbocycles. The zero-order valence-electron chi connectivity index (χ0n) is 17.5. The summed E-state index contributed by atoms with van der Waals surface area (Å²) < 4.78 is 5.28. The van der Waals surface area contributed by atoms with Crippen LogP contribution in [0.3, 0.4) is 0 Å². The van der Waals surface area contributed by atoms with Gasteiger partial charge < -0.3 is 15.0 Å². The first-order valence-corrected chi connectivity index (χ1v) is 11.5. The number of anilines is 1. The molecule has 2 amide bonds. The summed E-state index contributed by atoms with van der Waals surface area (Å²) in [6.07, 6.45) is 5.12. The Labute approximate surface area is 180 Å². The SMILES string of the molecule is CCCCN1C(=O)CCC(C(=O)Nc2nnc(C3CC3)s2)C1c1ccc(OC)cc1. The average molecular weight is 429 g/mol. The van der Waals surface area contributed by atoms with E-state index in [-0.39, 0.29) is 23.8 Å². The minimum absolute atomic E-state index is 0.0942. The molecule has 4 rings (SSSR count). The van der Waals surface area contributed by atoms with Gasteiger partial charge >= 0.3 is 0 Å². The molecule has 30 heavy (non-hydrogen) atoms. The minimum atomic E-state index is -0.332. The van der Waals surface area contributed by atoms with E-state index < -0.39 is 0 Å². The summed E-state index contributed by atoms with van der Waals surface area (Å²) in [5.74, 6) is 0.949. The maximum atomic E-state index is 13.3. The molecular formula is C22H28N4O3S. The van der Waals surface area contributed by atoms with Crippen LogP contribution in [0.5, 0.6) is 5.75 Å². The molecule has 7 nitrogen and oxygen atoms in total. The number of methoxy groups -OCH3 is 1. The smallest absolute Gasteiger partial charge is 0.231 e. The van der Waals surface area contributed by atoms with E-state index >= 15 is 0 Å². The Kier molecular flexibility index (Phi) is 6.32. The van der Waals surface area contributed by atoms with Gasteiger partial charge in [0.1, 0.15) is 10.8 Å². The largest absolute Gasteiger partial charge is 0.497 e. The molecule has 1 aromatic heterocycles. The molecule has 8 heteroatoms. The van der Waals surface area contributed by atoms with E-state index in [9.17, 15) is 9.59 Å². The molecule has 2 heterocycles. The lowest BCUT2D eigenvalue weighted by Crippen LogP contribution is -2.47. The topological polar surface area (TPSA) is 84.4 Å². The molecule has 160 valence electrons. The van der Waals surface area contributed by atoms with Crippen molar-refractivity contribution in [3.8, 4) is 5.75 Å². The first kappa shape index (κ1) is 20.8. The molecule has 1 aliphatic heterocycles. The van der Waals surface area contributed by atoms with E-state index in [0.717, 1.165) is 42.0 Å². The molecule has 1 aromatic carbocycles. The molecule has 2 fully saturated rings. The third-order valence-corrected chi connectivity index (χ3v) is 6.85. The van der Waals surface area contributed by atoms with E-state index in [1.165, 1.54) is 11.3 Å². The Morgan fingerprint density at radius 3 is 2.67 bits per heavy atom. The second-order valence-corrected chi connectivity index (χ2v) is 9.02. The van der Waals surface area contributed by atoms with Gasteiger partial charge in [0, 0.05) is 18.9 Å². The number of aromatic nitrogens is 2. The van der Waals surface area contributed by atoms with E-state index in [0.29, 0.717) is 30.4 Å². The molecule has 2 aromatic rings. The molecule has 2 unspecified atom stereocenters. The molecule has 0 radical (unpaired) electrons. The van der Waals surface area contributed by atoms with Crippen molar-refractivity contribution >= 4 is 28.3 Å². The van der Waals surface area contributed by atoms with Crippen molar-refractivity contribution in [2.75, 3.05) is 19.0 Å². The van der Waals surface area contributed by atoms with Gasteiger partial charge in [0.15, 0.2) is 0 Å². The number of rotatable bonds is 8. The normalized spacial score (nSPS) is 21.5. The number of nitrogens with one attached hydrogen (secondary N) is 1. The zero-order valence-corrected chi connectivity index (χ0v) is 18.3. The van der Waals surface area contributed by atoms with Crippen molar-refractivity contribution in [3.05, 3.63) is 34.8 Å².